The Hall–Kier alpha value is -0.570. The summed E-state index contributed by atoms with van der Waals surface area (Å²) in [6.45, 7) is 9.54. The Morgan fingerprint density at radius 3 is 2.42 bits per heavy atom. The lowest BCUT2D eigenvalue weighted by atomic mass is 9.96. The molecule has 3 heteroatoms. The molecule has 1 amide bonds. The summed E-state index contributed by atoms with van der Waals surface area (Å²) < 4.78 is 0. The number of hydrogen-bond acceptors (Lipinski definition) is 2. The first-order chi connectivity index (χ1) is 9.22. The van der Waals surface area contributed by atoms with E-state index in [1.807, 2.05) is 0 Å². The number of amides is 1. The number of nitrogens with one attached hydrogen (secondary N) is 1. The molecule has 1 aliphatic rings. The van der Waals surface area contributed by atoms with Gasteiger partial charge in [-0.3, -0.25) is 4.79 Å². The highest BCUT2D eigenvalue weighted by Gasteiger charge is 2.26. The third-order valence-electron chi connectivity index (χ3n) is 4.24. The van der Waals surface area contributed by atoms with Gasteiger partial charge in [-0.1, -0.05) is 33.6 Å². The van der Waals surface area contributed by atoms with E-state index in [9.17, 15) is 4.79 Å². The SMILES string of the molecule is CCCCC(CC)C(=O)N1CCC(NCCC)CC1. The fourth-order valence-corrected chi connectivity index (χ4v) is 2.86. The van der Waals surface area contributed by atoms with E-state index in [1.165, 1.54) is 19.3 Å². The smallest absolute Gasteiger partial charge is 0.225 e. The van der Waals surface area contributed by atoms with Crippen LogP contribution < -0.4 is 5.32 Å². The maximum atomic E-state index is 12.5. The normalized spacial score (nSPS) is 18.6. The average molecular weight is 268 g/mol. The summed E-state index contributed by atoms with van der Waals surface area (Å²) >= 11 is 0. The van der Waals surface area contributed by atoms with E-state index >= 15 is 0 Å². The molecule has 0 aromatic rings. The molecular weight excluding hydrogens is 236 g/mol. The molecule has 1 heterocycles. The van der Waals surface area contributed by atoms with Crippen molar-refractivity contribution in [2.24, 2.45) is 5.92 Å². The van der Waals surface area contributed by atoms with E-state index in [0.717, 1.165) is 45.3 Å². The van der Waals surface area contributed by atoms with E-state index in [0.29, 0.717) is 11.9 Å². The van der Waals surface area contributed by atoms with Gasteiger partial charge in [0, 0.05) is 25.0 Å². The van der Waals surface area contributed by atoms with Crippen molar-refractivity contribution in [1.82, 2.24) is 10.2 Å². The maximum absolute atomic E-state index is 12.5. The van der Waals surface area contributed by atoms with Crippen LogP contribution in [0, 0.1) is 5.92 Å². The van der Waals surface area contributed by atoms with Gasteiger partial charge in [0.2, 0.25) is 5.91 Å². The van der Waals surface area contributed by atoms with Gasteiger partial charge in [0.05, 0.1) is 0 Å². The first-order valence-corrected chi connectivity index (χ1v) is 8.25. The molecule has 3 nitrogen and oxygen atoms in total. The highest BCUT2D eigenvalue weighted by atomic mass is 16.2. The summed E-state index contributed by atoms with van der Waals surface area (Å²) in [7, 11) is 0. The van der Waals surface area contributed by atoms with Crippen molar-refractivity contribution in [3.8, 4) is 0 Å². The largest absolute Gasteiger partial charge is 0.342 e. The fourth-order valence-electron chi connectivity index (χ4n) is 2.86. The van der Waals surface area contributed by atoms with E-state index in [-0.39, 0.29) is 5.92 Å². The predicted octanol–water partition coefficient (Wildman–Crippen LogP) is 3.19. The molecule has 0 saturated carbocycles. The van der Waals surface area contributed by atoms with Crippen LogP contribution in [-0.4, -0.2) is 36.5 Å². The Kier molecular flexibility index (Phi) is 8.11. The van der Waals surface area contributed by atoms with Gasteiger partial charge >= 0.3 is 0 Å². The molecule has 1 atom stereocenters. The standard InChI is InChI=1S/C16H32N2O/c1-4-7-8-14(6-3)16(19)18-12-9-15(10-13-18)17-11-5-2/h14-15,17H,4-13H2,1-3H3. The zero-order chi connectivity index (χ0) is 14.1. The number of piperidine rings is 1. The molecule has 0 radical (unpaired) electrons. The lowest BCUT2D eigenvalue weighted by Gasteiger charge is -2.34. The average Bonchev–Trinajstić information content (AvgIpc) is 2.46. The highest BCUT2D eigenvalue weighted by Crippen LogP contribution is 2.19. The van der Waals surface area contributed by atoms with Crippen molar-refractivity contribution in [3.63, 3.8) is 0 Å². The minimum absolute atomic E-state index is 0.264. The molecule has 112 valence electrons. The summed E-state index contributed by atoms with van der Waals surface area (Å²) in [6, 6.07) is 0.625. The Bertz CT molecular complexity index is 247. The molecule has 1 aliphatic heterocycles. The monoisotopic (exact) mass is 268 g/mol. The Morgan fingerprint density at radius 1 is 1.21 bits per heavy atom. The van der Waals surface area contributed by atoms with Gasteiger partial charge in [0.1, 0.15) is 0 Å². The summed E-state index contributed by atoms with van der Waals surface area (Å²) in [5.41, 5.74) is 0. The Labute approximate surface area is 119 Å². The van der Waals surface area contributed by atoms with Crippen molar-refractivity contribution >= 4 is 5.91 Å². The number of hydrogen-bond donors (Lipinski definition) is 1. The number of unbranched alkanes of at least 4 members (excludes halogenated alkanes) is 1. The maximum Gasteiger partial charge on any atom is 0.225 e. The van der Waals surface area contributed by atoms with Crippen LogP contribution in [0.3, 0.4) is 0 Å². The fraction of sp³-hybridized carbons (Fsp3) is 0.938. The van der Waals surface area contributed by atoms with Gasteiger partial charge < -0.3 is 10.2 Å². The number of rotatable bonds is 8. The topological polar surface area (TPSA) is 32.3 Å². The minimum Gasteiger partial charge on any atom is -0.342 e. The van der Waals surface area contributed by atoms with Crippen LogP contribution in [0.4, 0.5) is 0 Å². The summed E-state index contributed by atoms with van der Waals surface area (Å²) in [6.07, 6.45) is 7.86. The van der Waals surface area contributed by atoms with Crippen LogP contribution in [-0.2, 0) is 4.79 Å². The summed E-state index contributed by atoms with van der Waals surface area (Å²) in [5, 5.41) is 3.57. The molecule has 1 fully saturated rings. The summed E-state index contributed by atoms with van der Waals surface area (Å²) in [4.78, 5) is 14.6. The van der Waals surface area contributed by atoms with Crippen molar-refractivity contribution in [1.29, 1.82) is 0 Å². The third-order valence-corrected chi connectivity index (χ3v) is 4.24. The first kappa shape index (κ1) is 16.5. The second kappa shape index (κ2) is 9.35. The second-order valence-electron chi connectivity index (χ2n) is 5.80. The van der Waals surface area contributed by atoms with Crippen molar-refractivity contribution in [2.45, 2.75) is 71.8 Å². The zero-order valence-electron chi connectivity index (χ0n) is 13.1. The Morgan fingerprint density at radius 2 is 1.89 bits per heavy atom. The molecule has 0 bridgehead atoms. The van der Waals surface area contributed by atoms with Crippen LogP contribution in [0.15, 0.2) is 0 Å². The van der Waals surface area contributed by atoms with Crippen molar-refractivity contribution in [2.75, 3.05) is 19.6 Å². The lowest BCUT2D eigenvalue weighted by Crippen LogP contribution is -2.46. The predicted molar refractivity (Wildman–Crippen MR) is 81.2 cm³/mol. The quantitative estimate of drug-likeness (QED) is 0.733. The number of likely N-dealkylation sites (tertiary alicyclic amines) is 1. The second-order valence-corrected chi connectivity index (χ2v) is 5.80. The highest BCUT2D eigenvalue weighted by molar-refractivity contribution is 5.78. The van der Waals surface area contributed by atoms with Gasteiger partial charge in [-0.05, 0) is 38.6 Å². The molecule has 1 unspecified atom stereocenters. The van der Waals surface area contributed by atoms with Gasteiger partial charge in [0.15, 0.2) is 0 Å². The minimum atomic E-state index is 0.264. The van der Waals surface area contributed by atoms with Crippen LogP contribution in [0.25, 0.3) is 0 Å². The molecule has 19 heavy (non-hydrogen) atoms. The summed E-state index contributed by atoms with van der Waals surface area (Å²) in [5.74, 6) is 0.671. The van der Waals surface area contributed by atoms with Crippen LogP contribution in [0.5, 0.6) is 0 Å². The van der Waals surface area contributed by atoms with E-state index in [4.69, 9.17) is 0 Å². The number of nitrogens with zero attached hydrogens (tertiary/aromatic N) is 1. The number of carbonyl (C=O) groups is 1. The molecule has 1 N–H and O–H groups in total. The van der Waals surface area contributed by atoms with Crippen LogP contribution in [0.1, 0.15) is 65.7 Å². The third kappa shape index (κ3) is 5.52. The number of carbonyl (C=O) groups excluding carboxylic acids is 1. The van der Waals surface area contributed by atoms with Gasteiger partial charge in [-0.2, -0.15) is 0 Å². The first-order valence-electron chi connectivity index (χ1n) is 8.25. The van der Waals surface area contributed by atoms with Gasteiger partial charge in [0.25, 0.3) is 0 Å². The molecule has 1 rings (SSSR count). The van der Waals surface area contributed by atoms with E-state index < -0.39 is 0 Å². The molecule has 0 aliphatic carbocycles. The van der Waals surface area contributed by atoms with Crippen molar-refractivity contribution < 1.29 is 4.79 Å². The van der Waals surface area contributed by atoms with Gasteiger partial charge in [-0.15, -0.1) is 0 Å². The zero-order valence-corrected chi connectivity index (χ0v) is 13.1. The molecule has 0 aromatic carbocycles. The molecular formula is C16H32N2O. The van der Waals surface area contributed by atoms with Gasteiger partial charge in [-0.25, -0.2) is 0 Å². The van der Waals surface area contributed by atoms with Crippen LogP contribution >= 0.6 is 0 Å². The Balaban J connectivity index is 2.34. The van der Waals surface area contributed by atoms with E-state index in [2.05, 4.69) is 31.0 Å². The van der Waals surface area contributed by atoms with Crippen molar-refractivity contribution in [3.05, 3.63) is 0 Å². The lowest BCUT2D eigenvalue weighted by molar-refractivity contribution is -0.137. The molecule has 0 aromatic heterocycles. The molecule has 1 saturated heterocycles. The van der Waals surface area contributed by atoms with Crippen LogP contribution in [0.2, 0.25) is 0 Å². The molecule has 0 spiro atoms. The van der Waals surface area contributed by atoms with E-state index in [1.54, 1.807) is 0 Å².